The van der Waals surface area contributed by atoms with Crippen LogP contribution >= 0.6 is 0 Å². The molecule has 3 aromatic rings. The SMILES string of the molecule is C#CCn1cc(C(=O)OCC)c(=O)c2c1c(C(=O)c1ccccc1)c(C)n2C. The topological polar surface area (TPSA) is 70.3 Å². The third kappa shape index (κ3) is 3.01. The zero-order valence-corrected chi connectivity index (χ0v) is 16.0. The highest BCUT2D eigenvalue weighted by molar-refractivity contribution is 6.17. The van der Waals surface area contributed by atoms with Crippen molar-refractivity contribution in [2.45, 2.75) is 20.4 Å². The Bertz CT molecular complexity index is 1180. The van der Waals surface area contributed by atoms with Crippen LogP contribution in [0.1, 0.15) is 38.9 Å². The van der Waals surface area contributed by atoms with Crippen molar-refractivity contribution in [3.05, 3.63) is 69.1 Å². The van der Waals surface area contributed by atoms with Crippen molar-refractivity contribution in [2.75, 3.05) is 6.61 Å². The maximum absolute atomic E-state index is 13.2. The first-order valence-corrected chi connectivity index (χ1v) is 8.85. The van der Waals surface area contributed by atoms with E-state index in [2.05, 4.69) is 5.92 Å². The summed E-state index contributed by atoms with van der Waals surface area (Å²) in [6, 6.07) is 8.82. The normalized spacial score (nSPS) is 10.6. The molecule has 3 rings (SSSR count). The second kappa shape index (κ2) is 7.57. The van der Waals surface area contributed by atoms with Gasteiger partial charge >= 0.3 is 5.97 Å². The molecule has 0 fully saturated rings. The zero-order chi connectivity index (χ0) is 20.4. The van der Waals surface area contributed by atoms with Crippen molar-refractivity contribution in [3.63, 3.8) is 0 Å². The molecule has 0 unspecified atom stereocenters. The lowest BCUT2D eigenvalue weighted by Gasteiger charge is -2.10. The van der Waals surface area contributed by atoms with E-state index in [1.54, 1.807) is 54.3 Å². The van der Waals surface area contributed by atoms with Crippen molar-refractivity contribution in [3.8, 4) is 12.3 Å². The standard InChI is InChI=1S/C22H20N2O4/c1-5-12-24-13-16(22(27)28-6-2)21(26)19-18(24)17(14(3)23(19)4)20(25)15-10-8-7-9-11-15/h1,7-11,13H,6,12H2,2-4H3. The third-order valence-corrected chi connectivity index (χ3v) is 4.71. The van der Waals surface area contributed by atoms with Crippen molar-refractivity contribution < 1.29 is 14.3 Å². The van der Waals surface area contributed by atoms with Crippen molar-refractivity contribution in [1.29, 1.82) is 0 Å². The number of ketones is 1. The van der Waals surface area contributed by atoms with Gasteiger partial charge in [-0.15, -0.1) is 6.42 Å². The number of terminal acetylenes is 1. The van der Waals surface area contributed by atoms with Crippen molar-refractivity contribution >= 4 is 22.8 Å². The molecule has 2 aromatic heterocycles. The summed E-state index contributed by atoms with van der Waals surface area (Å²) < 4.78 is 8.22. The van der Waals surface area contributed by atoms with Crippen molar-refractivity contribution in [2.24, 2.45) is 7.05 Å². The van der Waals surface area contributed by atoms with Gasteiger partial charge in [0.05, 0.1) is 24.2 Å². The lowest BCUT2D eigenvalue weighted by Crippen LogP contribution is -2.22. The Morgan fingerprint density at radius 3 is 2.46 bits per heavy atom. The van der Waals surface area contributed by atoms with Gasteiger partial charge in [-0.05, 0) is 13.8 Å². The second-order valence-corrected chi connectivity index (χ2v) is 6.34. The molecule has 0 N–H and O–H groups in total. The number of pyridine rings is 1. The molecule has 0 saturated heterocycles. The summed E-state index contributed by atoms with van der Waals surface area (Å²) in [4.78, 5) is 38.5. The minimum atomic E-state index is -0.713. The molecule has 6 nitrogen and oxygen atoms in total. The summed E-state index contributed by atoms with van der Waals surface area (Å²) in [5, 5.41) is 0. The van der Waals surface area contributed by atoms with E-state index in [9.17, 15) is 14.4 Å². The minimum Gasteiger partial charge on any atom is -0.462 e. The van der Waals surface area contributed by atoms with Crippen LogP contribution in [-0.2, 0) is 18.3 Å². The molecule has 0 atom stereocenters. The molecule has 0 saturated carbocycles. The van der Waals surface area contributed by atoms with E-state index in [4.69, 9.17) is 11.2 Å². The van der Waals surface area contributed by atoms with Crippen LogP contribution in [0.3, 0.4) is 0 Å². The Morgan fingerprint density at radius 2 is 1.86 bits per heavy atom. The number of aryl methyl sites for hydroxylation is 1. The number of nitrogens with zero attached hydrogens (tertiary/aromatic N) is 2. The maximum atomic E-state index is 13.2. The van der Waals surface area contributed by atoms with Crippen LogP contribution in [0.5, 0.6) is 0 Å². The largest absolute Gasteiger partial charge is 0.462 e. The van der Waals surface area contributed by atoms with Gasteiger partial charge in [-0.3, -0.25) is 9.59 Å². The molecular weight excluding hydrogens is 356 g/mol. The molecule has 28 heavy (non-hydrogen) atoms. The minimum absolute atomic E-state index is 0.0989. The highest BCUT2D eigenvalue weighted by Crippen LogP contribution is 2.26. The molecule has 0 aliphatic heterocycles. The van der Waals surface area contributed by atoms with Gasteiger partial charge < -0.3 is 13.9 Å². The fourth-order valence-electron chi connectivity index (χ4n) is 3.31. The molecule has 6 heteroatoms. The van der Waals surface area contributed by atoms with Crippen LogP contribution in [0.4, 0.5) is 0 Å². The molecule has 0 spiro atoms. The smallest absolute Gasteiger partial charge is 0.343 e. The van der Waals surface area contributed by atoms with E-state index in [1.807, 2.05) is 6.07 Å². The average Bonchev–Trinajstić information content (AvgIpc) is 2.96. The molecule has 142 valence electrons. The third-order valence-electron chi connectivity index (χ3n) is 4.71. The molecule has 0 aliphatic rings. The number of aromatic nitrogens is 2. The number of hydrogen-bond donors (Lipinski definition) is 0. The monoisotopic (exact) mass is 376 g/mol. The summed E-state index contributed by atoms with van der Waals surface area (Å²) in [6.07, 6.45) is 6.88. The fraction of sp³-hybridized carbons (Fsp3) is 0.227. The summed E-state index contributed by atoms with van der Waals surface area (Å²) in [7, 11) is 1.69. The molecule has 0 amide bonds. The lowest BCUT2D eigenvalue weighted by molar-refractivity contribution is 0.0524. The van der Waals surface area contributed by atoms with Crippen LogP contribution in [0.2, 0.25) is 0 Å². The Labute approximate surface area is 162 Å². The van der Waals surface area contributed by atoms with Gasteiger partial charge in [0.2, 0.25) is 5.43 Å². The Balaban J connectivity index is 2.39. The van der Waals surface area contributed by atoms with E-state index in [1.165, 1.54) is 6.20 Å². The van der Waals surface area contributed by atoms with Gasteiger partial charge in [-0.25, -0.2) is 4.79 Å². The number of carbonyl (C=O) groups excluding carboxylic acids is 2. The van der Waals surface area contributed by atoms with E-state index >= 15 is 0 Å². The number of hydrogen-bond acceptors (Lipinski definition) is 4. The van der Waals surface area contributed by atoms with Gasteiger partial charge in [0, 0.05) is 24.5 Å². The molecular formula is C22H20N2O4. The number of benzene rings is 1. The Kier molecular flexibility index (Phi) is 5.18. The van der Waals surface area contributed by atoms with E-state index < -0.39 is 11.4 Å². The predicted molar refractivity (Wildman–Crippen MR) is 107 cm³/mol. The summed E-state index contributed by atoms with van der Waals surface area (Å²) in [6.45, 7) is 3.68. The Morgan fingerprint density at radius 1 is 1.18 bits per heavy atom. The van der Waals surface area contributed by atoms with Crippen LogP contribution in [0.15, 0.2) is 41.3 Å². The van der Waals surface area contributed by atoms with E-state index in [0.29, 0.717) is 22.3 Å². The van der Waals surface area contributed by atoms with Gasteiger partial charge in [-0.2, -0.15) is 0 Å². The molecule has 1 aromatic carbocycles. The zero-order valence-electron chi connectivity index (χ0n) is 16.0. The first-order valence-electron chi connectivity index (χ1n) is 8.85. The number of esters is 1. The highest BCUT2D eigenvalue weighted by atomic mass is 16.5. The first-order chi connectivity index (χ1) is 13.4. The lowest BCUT2D eigenvalue weighted by atomic mass is 10.0. The number of rotatable bonds is 5. The highest BCUT2D eigenvalue weighted by Gasteiger charge is 2.26. The van der Waals surface area contributed by atoms with Gasteiger partial charge in [0.25, 0.3) is 0 Å². The van der Waals surface area contributed by atoms with Gasteiger partial charge in [-0.1, -0.05) is 36.3 Å². The molecule has 0 radical (unpaired) electrons. The summed E-state index contributed by atoms with van der Waals surface area (Å²) in [5.41, 5.74) is 1.59. The van der Waals surface area contributed by atoms with Crippen LogP contribution in [0, 0.1) is 19.3 Å². The van der Waals surface area contributed by atoms with Crippen LogP contribution in [-0.4, -0.2) is 27.5 Å². The van der Waals surface area contributed by atoms with Gasteiger partial charge in [0.15, 0.2) is 5.78 Å². The predicted octanol–water partition coefficient (Wildman–Crippen LogP) is 2.69. The molecule has 0 bridgehead atoms. The number of fused-ring (bicyclic) bond motifs is 1. The van der Waals surface area contributed by atoms with E-state index in [0.717, 1.165) is 0 Å². The number of ether oxygens (including phenoxy) is 1. The van der Waals surface area contributed by atoms with Crippen LogP contribution < -0.4 is 5.43 Å². The van der Waals surface area contributed by atoms with E-state index in [-0.39, 0.29) is 30.0 Å². The average molecular weight is 376 g/mol. The first kappa shape index (κ1) is 19.2. The Hall–Kier alpha value is -3.59. The molecule has 0 aliphatic carbocycles. The maximum Gasteiger partial charge on any atom is 0.343 e. The quantitative estimate of drug-likeness (QED) is 0.390. The van der Waals surface area contributed by atoms with Crippen molar-refractivity contribution in [1.82, 2.24) is 9.13 Å². The fourth-order valence-corrected chi connectivity index (χ4v) is 3.31. The summed E-state index contributed by atoms with van der Waals surface area (Å²) in [5.74, 6) is 1.59. The van der Waals surface area contributed by atoms with Crippen LogP contribution in [0.25, 0.3) is 11.0 Å². The summed E-state index contributed by atoms with van der Waals surface area (Å²) >= 11 is 0. The van der Waals surface area contributed by atoms with Gasteiger partial charge in [0.1, 0.15) is 11.1 Å². The molecule has 2 heterocycles. The second-order valence-electron chi connectivity index (χ2n) is 6.34. The number of carbonyl (C=O) groups is 2.